The van der Waals surface area contributed by atoms with Gasteiger partial charge in [0.05, 0.1) is 0 Å². The molecule has 0 aromatic carbocycles. The van der Waals surface area contributed by atoms with Gasteiger partial charge in [-0.3, -0.25) is 0 Å². The van der Waals surface area contributed by atoms with E-state index in [1.165, 1.54) is 6.42 Å². The van der Waals surface area contributed by atoms with Gasteiger partial charge in [-0.2, -0.15) is 0 Å². The average Bonchev–Trinajstić information content (AvgIpc) is 2.04. The minimum atomic E-state index is 0.825. The van der Waals surface area contributed by atoms with E-state index in [2.05, 4.69) is 48.5 Å². The van der Waals surface area contributed by atoms with Crippen molar-refractivity contribution in [2.75, 3.05) is 0 Å². The fourth-order valence-electron chi connectivity index (χ4n) is 2.21. The van der Waals surface area contributed by atoms with Crippen molar-refractivity contribution in [3.63, 3.8) is 0 Å². The van der Waals surface area contributed by atoms with E-state index in [-0.39, 0.29) is 0 Å². The standard InChI is InChI=1S/C13H28/c1-8-13(11(6)9(2)3)12(7)10(4)5/h9-13H,8H2,1-7H3. The first-order valence-electron chi connectivity index (χ1n) is 5.91. The molecule has 0 heterocycles. The summed E-state index contributed by atoms with van der Waals surface area (Å²) in [6.45, 7) is 16.6. The van der Waals surface area contributed by atoms with Gasteiger partial charge in [-0.25, -0.2) is 0 Å². The summed E-state index contributed by atoms with van der Waals surface area (Å²) < 4.78 is 0. The molecule has 0 aromatic heterocycles. The van der Waals surface area contributed by atoms with Crippen molar-refractivity contribution in [1.82, 2.24) is 0 Å². The predicted molar refractivity (Wildman–Crippen MR) is 61.8 cm³/mol. The second-order valence-electron chi connectivity index (χ2n) is 5.28. The first-order valence-corrected chi connectivity index (χ1v) is 5.91. The summed E-state index contributed by atoms with van der Waals surface area (Å²) in [5, 5.41) is 0. The summed E-state index contributed by atoms with van der Waals surface area (Å²) in [6.07, 6.45) is 1.33. The topological polar surface area (TPSA) is 0 Å². The third-order valence-corrected chi connectivity index (χ3v) is 3.93. The Morgan fingerprint density at radius 3 is 1.15 bits per heavy atom. The van der Waals surface area contributed by atoms with E-state index in [9.17, 15) is 0 Å². The molecule has 80 valence electrons. The van der Waals surface area contributed by atoms with Crippen molar-refractivity contribution in [2.45, 2.75) is 54.9 Å². The van der Waals surface area contributed by atoms with Crippen LogP contribution in [0.1, 0.15) is 54.9 Å². The van der Waals surface area contributed by atoms with Gasteiger partial charge in [-0.05, 0) is 29.6 Å². The molecule has 0 radical (unpaired) electrons. The van der Waals surface area contributed by atoms with Gasteiger partial charge in [-0.15, -0.1) is 0 Å². The Bertz CT molecular complexity index is 110. The zero-order valence-electron chi connectivity index (χ0n) is 10.6. The summed E-state index contributed by atoms with van der Waals surface area (Å²) in [5.41, 5.74) is 0. The summed E-state index contributed by atoms with van der Waals surface area (Å²) in [5.74, 6) is 4.28. The Morgan fingerprint density at radius 2 is 1.00 bits per heavy atom. The van der Waals surface area contributed by atoms with Crippen LogP contribution in [0.25, 0.3) is 0 Å². The van der Waals surface area contributed by atoms with Crippen LogP contribution in [0.3, 0.4) is 0 Å². The fraction of sp³-hybridized carbons (Fsp3) is 1.00. The average molecular weight is 184 g/mol. The van der Waals surface area contributed by atoms with E-state index in [0.717, 1.165) is 29.6 Å². The molecule has 2 unspecified atom stereocenters. The van der Waals surface area contributed by atoms with Crippen LogP contribution in [0, 0.1) is 29.6 Å². The van der Waals surface area contributed by atoms with Gasteiger partial charge in [-0.1, -0.05) is 54.9 Å². The van der Waals surface area contributed by atoms with E-state index in [1.54, 1.807) is 0 Å². The summed E-state index contributed by atoms with van der Waals surface area (Å²) >= 11 is 0. The lowest BCUT2D eigenvalue weighted by Gasteiger charge is -2.33. The van der Waals surface area contributed by atoms with Crippen LogP contribution in [0.5, 0.6) is 0 Å². The first-order chi connectivity index (χ1) is 5.91. The van der Waals surface area contributed by atoms with E-state index in [0.29, 0.717) is 0 Å². The zero-order chi connectivity index (χ0) is 10.6. The summed E-state index contributed by atoms with van der Waals surface area (Å²) in [6, 6.07) is 0. The minimum Gasteiger partial charge on any atom is -0.0651 e. The predicted octanol–water partition coefficient (Wildman–Crippen LogP) is 4.60. The number of hydrogen-bond donors (Lipinski definition) is 0. The Kier molecular flexibility index (Phi) is 5.67. The van der Waals surface area contributed by atoms with E-state index < -0.39 is 0 Å². The van der Waals surface area contributed by atoms with Crippen LogP contribution in [-0.2, 0) is 0 Å². The highest BCUT2D eigenvalue weighted by Gasteiger charge is 2.25. The molecule has 0 aliphatic heterocycles. The lowest BCUT2D eigenvalue weighted by molar-refractivity contribution is 0.161. The second kappa shape index (κ2) is 5.67. The van der Waals surface area contributed by atoms with Crippen molar-refractivity contribution in [1.29, 1.82) is 0 Å². The lowest BCUT2D eigenvalue weighted by atomic mass is 9.72. The van der Waals surface area contributed by atoms with Gasteiger partial charge < -0.3 is 0 Å². The molecule has 2 atom stereocenters. The highest BCUT2D eigenvalue weighted by atomic mass is 14.3. The molecule has 0 aliphatic rings. The van der Waals surface area contributed by atoms with Crippen LogP contribution < -0.4 is 0 Å². The van der Waals surface area contributed by atoms with Gasteiger partial charge in [0.25, 0.3) is 0 Å². The third kappa shape index (κ3) is 3.70. The van der Waals surface area contributed by atoms with Crippen molar-refractivity contribution in [3.05, 3.63) is 0 Å². The van der Waals surface area contributed by atoms with Crippen molar-refractivity contribution in [3.8, 4) is 0 Å². The molecule has 0 heteroatoms. The molecule has 0 nitrogen and oxygen atoms in total. The van der Waals surface area contributed by atoms with Crippen molar-refractivity contribution in [2.24, 2.45) is 29.6 Å². The lowest BCUT2D eigenvalue weighted by Crippen LogP contribution is -2.26. The van der Waals surface area contributed by atoms with E-state index in [1.807, 2.05) is 0 Å². The second-order valence-corrected chi connectivity index (χ2v) is 5.28. The van der Waals surface area contributed by atoms with E-state index in [4.69, 9.17) is 0 Å². The quantitative estimate of drug-likeness (QED) is 0.586. The highest BCUT2D eigenvalue weighted by molar-refractivity contribution is 4.74. The largest absolute Gasteiger partial charge is 0.0651 e. The number of rotatable bonds is 5. The molecule has 0 saturated carbocycles. The Hall–Kier alpha value is 0. The molecule has 0 rings (SSSR count). The molecular weight excluding hydrogens is 156 g/mol. The molecular formula is C13H28. The number of hydrogen-bond acceptors (Lipinski definition) is 0. The maximum Gasteiger partial charge on any atom is -0.0360 e. The summed E-state index contributed by atoms with van der Waals surface area (Å²) in [4.78, 5) is 0. The van der Waals surface area contributed by atoms with Gasteiger partial charge in [0.1, 0.15) is 0 Å². The van der Waals surface area contributed by atoms with Crippen molar-refractivity contribution >= 4 is 0 Å². The minimum absolute atomic E-state index is 0.825. The maximum atomic E-state index is 2.41. The van der Waals surface area contributed by atoms with Crippen molar-refractivity contribution < 1.29 is 0 Å². The first kappa shape index (κ1) is 13.0. The molecule has 0 aromatic rings. The maximum absolute atomic E-state index is 2.41. The smallest absolute Gasteiger partial charge is 0.0360 e. The Morgan fingerprint density at radius 1 is 0.692 bits per heavy atom. The van der Waals surface area contributed by atoms with Gasteiger partial charge >= 0.3 is 0 Å². The van der Waals surface area contributed by atoms with E-state index >= 15 is 0 Å². The van der Waals surface area contributed by atoms with Crippen LogP contribution in [0.15, 0.2) is 0 Å². The van der Waals surface area contributed by atoms with Crippen LogP contribution in [0.4, 0.5) is 0 Å². The molecule has 0 N–H and O–H groups in total. The SMILES string of the molecule is CCC(C(C)C(C)C)C(C)C(C)C. The fourth-order valence-corrected chi connectivity index (χ4v) is 2.21. The molecule has 0 bridgehead atoms. The Balaban J connectivity index is 4.31. The molecule has 0 fully saturated rings. The third-order valence-electron chi connectivity index (χ3n) is 3.93. The molecule has 13 heavy (non-hydrogen) atoms. The normalized spacial score (nSPS) is 19.2. The van der Waals surface area contributed by atoms with Crippen LogP contribution >= 0.6 is 0 Å². The van der Waals surface area contributed by atoms with Gasteiger partial charge in [0.15, 0.2) is 0 Å². The van der Waals surface area contributed by atoms with Crippen LogP contribution in [0.2, 0.25) is 0 Å². The zero-order valence-corrected chi connectivity index (χ0v) is 10.6. The molecule has 0 amide bonds. The molecule has 0 saturated heterocycles. The van der Waals surface area contributed by atoms with Gasteiger partial charge in [0, 0.05) is 0 Å². The van der Waals surface area contributed by atoms with Crippen LogP contribution in [-0.4, -0.2) is 0 Å². The monoisotopic (exact) mass is 184 g/mol. The highest BCUT2D eigenvalue weighted by Crippen LogP contribution is 2.33. The summed E-state index contributed by atoms with van der Waals surface area (Å²) in [7, 11) is 0. The molecule has 0 spiro atoms. The Labute approximate surface area is 85.1 Å². The van der Waals surface area contributed by atoms with Gasteiger partial charge in [0.2, 0.25) is 0 Å². The molecule has 0 aliphatic carbocycles.